The Balaban J connectivity index is 1.73. The molecule has 1 aliphatic heterocycles. The molecule has 1 aliphatic rings. The Kier molecular flexibility index (Phi) is 3.39. The van der Waals surface area contributed by atoms with Gasteiger partial charge in [-0.05, 0) is 35.9 Å². The molecule has 0 unspecified atom stereocenters. The largest absolute Gasteiger partial charge is 0.545 e. The lowest BCUT2D eigenvalue weighted by atomic mass is 10.1. The fourth-order valence-corrected chi connectivity index (χ4v) is 2.65. The van der Waals surface area contributed by atoms with Crippen molar-refractivity contribution in [3.05, 3.63) is 65.4 Å². The molecule has 2 heterocycles. The lowest BCUT2D eigenvalue weighted by Gasteiger charge is -2.08. The summed E-state index contributed by atoms with van der Waals surface area (Å²) in [5, 5.41) is 11.9. The molecular weight excluding hydrogens is 306 g/mol. The summed E-state index contributed by atoms with van der Waals surface area (Å²) in [7, 11) is 0. The Bertz CT molecular complexity index is 978. The smallest absolute Gasteiger partial charge is 0.231 e. The van der Waals surface area contributed by atoms with E-state index in [1.165, 1.54) is 6.07 Å². The molecule has 1 aromatic heterocycles. The molecule has 0 spiro atoms. The fourth-order valence-electron chi connectivity index (χ4n) is 2.65. The first-order chi connectivity index (χ1) is 11.7. The number of carbonyl (C=O) groups is 1. The Morgan fingerprint density at radius 3 is 2.75 bits per heavy atom. The molecule has 0 radical (unpaired) electrons. The van der Waals surface area contributed by atoms with Gasteiger partial charge >= 0.3 is 0 Å². The number of ether oxygens (including phenoxy) is 2. The Labute approximate surface area is 137 Å². The van der Waals surface area contributed by atoms with Crippen LogP contribution in [0.4, 0.5) is 0 Å². The van der Waals surface area contributed by atoms with Gasteiger partial charge in [0.15, 0.2) is 11.5 Å². The highest BCUT2D eigenvalue weighted by Crippen LogP contribution is 2.33. The van der Waals surface area contributed by atoms with E-state index < -0.39 is 5.97 Å². The van der Waals surface area contributed by atoms with Crippen molar-refractivity contribution >= 4 is 29.0 Å². The quantitative estimate of drug-likeness (QED) is 0.742. The molecule has 118 valence electrons. The van der Waals surface area contributed by atoms with E-state index in [-0.39, 0.29) is 12.4 Å². The number of fused-ring (bicyclic) bond motifs is 2. The minimum atomic E-state index is -1.22. The highest BCUT2D eigenvalue weighted by atomic mass is 16.7. The van der Waals surface area contributed by atoms with Crippen LogP contribution < -0.4 is 14.6 Å². The molecule has 0 bridgehead atoms. The number of hydrogen-bond acceptors (Lipinski definition) is 5. The van der Waals surface area contributed by atoms with Crippen LogP contribution in [-0.2, 0) is 0 Å². The number of pyridine rings is 1. The third kappa shape index (κ3) is 2.56. The maximum absolute atomic E-state index is 11.4. The van der Waals surface area contributed by atoms with Crippen LogP contribution in [-0.4, -0.2) is 17.7 Å². The van der Waals surface area contributed by atoms with Gasteiger partial charge in [0.25, 0.3) is 0 Å². The number of rotatable bonds is 3. The number of carboxylic acid groups (broad SMARTS) is 1. The molecular formula is C19H12NO4-. The Morgan fingerprint density at radius 2 is 1.88 bits per heavy atom. The number of hydrogen-bond donors (Lipinski definition) is 0. The molecule has 0 saturated carbocycles. The molecule has 0 N–H and O–H groups in total. The van der Waals surface area contributed by atoms with Crippen LogP contribution in [0.5, 0.6) is 11.5 Å². The lowest BCUT2D eigenvalue weighted by Crippen LogP contribution is -2.22. The van der Waals surface area contributed by atoms with Crippen molar-refractivity contribution in [1.29, 1.82) is 0 Å². The van der Waals surface area contributed by atoms with Crippen LogP contribution >= 0.6 is 0 Å². The topological polar surface area (TPSA) is 71.5 Å². The van der Waals surface area contributed by atoms with Crippen molar-refractivity contribution < 1.29 is 19.4 Å². The number of aromatic carboxylic acids is 1. The van der Waals surface area contributed by atoms with Gasteiger partial charge in [0.1, 0.15) is 0 Å². The average Bonchev–Trinajstić information content (AvgIpc) is 3.06. The molecule has 0 fully saturated rings. The number of carboxylic acids is 1. The Morgan fingerprint density at radius 1 is 1.04 bits per heavy atom. The molecule has 3 aromatic rings. The van der Waals surface area contributed by atoms with E-state index in [2.05, 4.69) is 4.98 Å². The molecule has 4 rings (SSSR count). The zero-order chi connectivity index (χ0) is 16.5. The summed E-state index contributed by atoms with van der Waals surface area (Å²) in [6, 6.07) is 14.2. The summed E-state index contributed by atoms with van der Waals surface area (Å²) in [5.41, 5.74) is 2.20. The van der Waals surface area contributed by atoms with Crippen LogP contribution in [0, 0.1) is 0 Å². The summed E-state index contributed by atoms with van der Waals surface area (Å²) in [4.78, 5) is 15.8. The normalized spacial score (nSPS) is 12.8. The SMILES string of the molecule is O=C([O-])c1cc(/C=C/c2ccc3c(c2)OCO3)nc2ccccc12. The van der Waals surface area contributed by atoms with Crippen LogP contribution in [0.25, 0.3) is 23.1 Å². The van der Waals surface area contributed by atoms with Gasteiger partial charge in [0, 0.05) is 10.9 Å². The fraction of sp³-hybridized carbons (Fsp3) is 0.0526. The Hall–Kier alpha value is -3.34. The first-order valence-electron chi connectivity index (χ1n) is 7.39. The summed E-state index contributed by atoms with van der Waals surface area (Å²) in [6.07, 6.45) is 3.61. The second kappa shape index (κ2) is 5.70. The zero-order valence-corrected chi connectivity index (χ0v) is 12.6. The van der Waals surface area contributed by atoms with Crippen LogP contribution in [0.2, 0.25) is 0 Å². The summed E-state index contributed by atoms with van der Waals surface area (Å²) in [5.74, 6) is 0.195. The van der Waals surface area contributed by atoms with Crippen LogP contribution in [0.3, 0.4) is 0 Å². The van der Waals surface area contributed by atoms with E-state index in [1.54, 1.807) is 24.3 Å². The zero-order valence-electron chi connectivity index (χ0n) is 12.6. The van der Waals surface area contributed by atoms with Crippen molar-refractivity contribution in [1.82, 2.24) is 4.98 Å². The molecule has 0 amide bonds. The third-order valence-corrected chi connectivity index (χ3v) is 3.80. The van der Waals surface area contributed by atoms with Crippen molar-refractivity contribution in [3.63, 3.8) is 0 Å². The minimum Gasteiger partial charge on any atom is -0.545 e. The van der Waals surface area contributed by atoms with E-state index in [0.717, 1.165) is 11.3 Å². The van der Waals surface area contributed by atoms with Crippen molar-refractivity contribution in [2.45, 2.75) is 0 Å². The van der Waals surface area contributed by atoms with Gasteiger partial charge in [0.05, 0.1) is 17.2 Å². The van der Waals surface area contributed by atoms with Crippen molar-refractivity contribution in [2.75, 3.05) is 6.79 Å². The number of aromatic nitrogens is 1. The first kappa shape index (κ1) is 14.3. The van der Waals surface area contributed by atoms with Crippen molar-refractivity contribution in [2.24, 2.45) is 0 Å². The van der Waals surface area contributed by atoms with Gasteiger partial charge in [-0.25, -0.2) is 4.98 Å². The molecule has 5 nitrogen and oxygen atoms in total. The van der Waals surface area contributed by atoms with Gasteiger partial charge in [-0.15, -0.1) is 0 Å². The third-order valence-electron chi connectivity index (χ3n) is 3.80. The standard InChI is InChI=1S/C19H13NO4/c21-19(22)15-10-13(20-16-4-2-1-3-14(15)16)7-5-12-6-8-17-18(9-12)24-11-23-17/h1-10H,11H2,(H,21,22)/p-1/b7-5+. The second-order valence-electron chi connectivity index (χ2n) is 5.35. The lowest BCUT2D eigenvalue weighted by molar-refractivity contribution is -0.254. The number of benzene rings is 2. The average molecular weight is 318 g/mol. The molecule has 0 aliphatic carbocycles. The van der Waals surface area contributed by atoms with Crippen LogP contribution in [0.15, 0.2) is 48.5 Å². The monoisotopic (exact) mass is 318 g/mol. The van der Waals surface area contributed by atoms with Crippen molar-refractivity contribution in [3.8, 4) is 11.5 Å². The molecule has 0 saturated heterocycles. The van der Waals surface area contributed by atoms with Gasteiger partial charge in [-0.3, -0.25) is 0 Å². The predicted molar refractivity (Wildman–Crippen MR) is 87.6 cm³/mol. The first-order valence-corrected chi connectivity index (χ1v) is 7.39. The number of nitrogens with zero attached hydrogens (tertiary/aromatic N) is 1. The minimum absolute atomic E-state index is 0.130. The van der Waals surface area contributed by atoms with E-state index in [4.69, 9.17) is 9.47 Å². The summed E-state index contributed by atoms with van der Waals surface area (Å²) < 4.78 is 10.6. The maximum atomic E-state index is 11.4. The number of para-hydroxylation sites is 1. The van der Waals surface area contributed by atoms with Crippen LogP contribution in [0.1, 0.15) is 21.6 Å². The number of carbonyl (C=O) groups excluding carboxylic acids is 1. The highest BCUT2D eigenvalue weighted by Gasteiger charge is 2.12. The van der Waals surface area contributed by atoms with E-state index in [9.17, 15) is 9.90 Å². The molecule has 5 heteroatoms. The maximum Gasteiger partial charge on any atom is 0.231 e. The summed E-state index contributed by atoms with van der Waals surface area (Å²) in [6.45, 7) is 0.226. The van der Waals surface area contributed by atoms with Gasteiger partial charge in [0.2, 0.25) is 6.79 Å². The van der Waals surface area contributed by atoms with E-state index in [1.807, 2.05) is 30.3 Å². The summed E-state index contributed by atoms with van der Waals surface area (Å²) >= 11 is 0. The van der Waals surface area contributed by atoms with Gasteiger partial charge in [-0.2, -0.15) is 0 Å². The molecule has 24 heavy (non-hydrogen) atoms. The molecule has 2 aromatic carbocycles. The second-order valence-corrected chi connectivity index (χ2v) is 5.35. The van der Waals surface area contributed by atoms with Gasteiger partial charge < -0.3 is 19.4 Å². The highest BCUT2D eigenvalue weighted by molar-refractivity contribution is 6.02. The molecule has 0 atom stereocenters. The van der Waals surface area contributed by atoms with E-state index >= 15 is 0 Å². The predicted octanol–water partition coefficient (Wildman–Crippen LogP) is 2.50. The van der Waals surface area contributed by atoms with E-state index in [0.29, 0.717) is 22.3 Å². The van der Waals surface area contributed by atoms with Gasteiger partial charge in [-0.1, -0.05) is 30.3 Å².